The number of aryl methyl sites for hydroxylation is 1. The van der Waals surface area contributed by atoms with Crippen molar-refractivity contribution >= 4 is 46.6 Å². The van der Waals surface area contributed by atoms with Crippen LogP contribution < -0.4 is 10.2 Å². The molecule has 1 unspecified atom stereocenters. The second kappa shape index (κ2) is 10.1. The van der Waals surface area contributed by atoms with E-state index in [1.165, 1.54) is 40.9 Å². The number of carbonyl (C=O) groups is 2. The van der Waals surface area contributed by atoms with Gasteiger partial charge in [-0.1, -0.05) is 53.2 Å². The van der Waals surface area contributed by atoms with Crippen molar-refractivity contribution in [3.8, 4) is 6.07 Å². The van der Waals surface area contributed by atoms with Crippen molar-refractivity contribution in [2.24, 2.45) is 0 Å². The molecule has 34 heavy (non-hydrogen) atoms. The molecule has 0 aliphatic carbocycles. The quantitative estimate of drug-likeness (QED) is 0.359. The number of thioether (sulfide) groups is 1. The van der Waals surface area contributed by atoms with Crippen molar-refractivity contribution in [2.75, 3.05) is 10.2 Å². The summed E-state index contributed by atoms with van der Waals surface area (Å²) in [6, 6.07) is 21.7. The van der Waals surface area contributed by atoms with Gasteiger partial charge >= 0.3 is 0 Å². The van der Waals surface area contributed by atoms with Crippen LogP contribution in [0.15, 0.2) is 83.4 Å². The normalized spacial score (nSPS) is 16.8. The van der Waals surface area contributed by atoms with Gasteiger partial charge in [-0.05, 0) is 67.4 Å². The van der Waals surface area contributed by atoms with Gasteiger partial charge in [0.05, 0.1) is 5.25 Å². The number of nitrogens with one attached hydrogen (secondary N) is 1. The lowest BCUT2D eigenvalue weighted by Gasteiger charge is -2.19. The fraction of sp³-hybridized carbons (Fsp3) is 0.115. The van der Waals surface area contributed by atoms with Gasteiger partial charge in [0.15, 0.2) is 0 Å². The lowest BCUT2D eigenvalue weighted by atomic mass is 10.1. The van der Waals surface area contributed by atoms with Crippen molar-refractivity contribution in [1.29, 1.82) is 5.26 Å². The van der Waals surface area contributed by atoms with E-state index < -0.39 is 17.0 Å². The maximum Gasteiger partial charge on any atom is 0.269 e. The average molecular weight is 492 g/mol. The molecule has 1 saturated heterocycles. The fourth-order valence-corrected chi connectivity index (χ4v) is 4.91. The zero-order valence-electron chi connectivity index (χ0n) is 18.1. The third-order valence-electron chi connectivity index (χ3n) is 5.23. The van der Waals surface area contributed by atoms with Crippen molar-refractivity contribution in [1.82, 2.24) is 0 Å². The van der Waals surface area contributed by atoms with Crippen LogP contribution >= 0.6 is 23.4 Å². The van der Waals surface area contributed by atoms with E-state index in [4.69, 9.17) is 11.6 Å². The Labute approximate surface area is 205 Å². The number of amides is 2. The minimum Gasteiger partial charge on any atom is -0.321 e. The van der Waals surface area contributed by atoms with Gasteiger partial charge in [0, 0.05) is 16.4 Å². The highest BCUT2D eigenvalue weighted by Gasteiger charge is 2.40. The number of hydrogen-bond acceptors (Lipinski definition) is 4. The van der Waals surface area contributed by atoms with Crippen LogP contribution in [0.3, 0.4) is 0 Å². The largest absolute Gasteiger partial charge is 0.321 e. The van der Waals surface area contributed by atoms with E-state index in [9.17, 15) is 19.2 Å². The summed E-state index contributed by atoms with van der Waals surface area (Å²) in [5.74, 6) is -1.33. The molecule has 0 bridgehead atoms. The molecule has 0 spiro atoms. The van der Waals surface area contributed by atoms with E-state index in [-0.39, 0.29) is 16.5 Å². The molecule has 2 amide bonds. The summed E-state index contributed by atoms with van der Waals surface area (Å²) in [7, 11) is 0. The SMILES string of the molecule is Cc1ccc(N2C(=O)C(Cc3ccc(Cl)cc3)S/C2=C(\C#N)C(=O)Nc2ccc(F)cc2)cc1. The molecule has 0 saturated carbocycles. The lowest BCUT2D eigenvalue weighted by molar-refractivity contribution is -0.117. The molecule has 4 rings (SSSR count). The smallest absolute Gasteiger partial charge is 0.269 e. The van der Waals surface area contributed by atoms with Gasteiger partial charge in [0.25, 0.3) is 5.91 Å². The first-order chi connectivity index (χ1) is 16.4. The van der Waals surface area contributed by atoms with Crippen LogP contribution in [0, 0.1) is 24.1 Å². The van der Waals surface area contributed by atoms with Crippen molar-refractivity contribution in [2.45, 2.75) is 18.6 Å². The standard InChI is InChI=1S/C26H19ClFN3O2S/c1-16-2-12-21(13-3-16)31-25(33)23(14-17-4-6-18(27)7-5-17)34-26(31)22(15-29)24(32)30-20-10-8-19(28)9-11-20/h2-13,23H,14H2,1H3,(H,30,32)/b26-22+. The molecule has 1 heterocycles. The molecule has 3 aromatic rings. The third-order valence-corrected chi connectivity index (χ3v) is 6.75. The zero-order valence-corrected chi connectivity index (χ0v) is 19.7. The van der Waals surface area contributed by atoms with Crippen LogP contribution in [0.25, 0.3) is 0 Å². The summed E-state index contributed by atoms with van der Waals surface area (Å²) in [6.45, 7) is 1.93. The van der Waals surface area contributed by atoms with E-state index in [0.717, 1.165) is 11.1 Å². The van der Waals surface area contributed by atoms with E-state index in [2.05, 4.69) is 5.32 Å². The predicted molar refractivity (Wildman–Crippen MR) is 133 cm³/mol. The van der Waals surface area contributed by atoms with Crippen LogP contribution in [0.1, 0.15) is 11.1 Å². The Balaban J connectivity index is 1.71. The van der Waals surface area contributed by atoms with Gasteiger partial charge in [0.2, 0.25) is 5.91 Å². The van der Waals surface area contributed by atoms with Gasteiger partial charge in [-0.3, -0.25) is 14.5 Å². The maximum atomic E-state index is 13.5. The van der Waals surface area contributed by atoms with Gasteiger partial charge in [-0.2, -0.15) is 5.26 Å². The van der Waals surface area contributed by atoms with E-state index in [1.807, 2.05) is 37.3 Å². The Morgan fingerprint density at radius 3 is 2.35 bits per heavy atom. The summed E-state index contributed by atoms with van der Waals surface area (Å²) in [5.41, 5.74) is 2.64. The van der Waals surface area contributed by atoms with Crippen LogP contribution in [0.4, 0.5) is 15.8 Å². The minimum atomic E-state index is -0.673. The molecule has 1 N–H and O–H groups in total. The Morgan fingerprint density at radius 1 is 1.09 bits per heavy atom. The highest BCUT2D eigenvalue weighted by atomic mass is 35.5. The highest BCUT2D eigenvalue weighted by Crippen LogP contribution is 2.42. The molecule has 0 radical (unpaired) electrons. The second-order valence-electron chi connectivity index (χ2n) is 7.70. The Morgan fingerprint density at radius 2 is 1.74 bits per heavy atom. The lowest BCUT2D eigenvalue weighted by Crippen LogP contribution is -2.30. The Bertz CT molecular complexity index is 1300. The highest BCUT2D eigenvalue weighted by molar-refractivity contribution is 8.05. The first-order valence-electron chi connectivity index (χ1n) is 10.4. The molecular weight excluding hydrogens is 473 g/mol. The first-order valence-corrected chi connectivity index (χ1v) is 11.6. The summed E-state index contributed by atoms with van der Waals surface area (Å²) in [4.78, 5) is 27.9. The van der Waals surface area contributed by atoms with Crippen LogP contribution in [-0.2, 0) is 16.0 Å². The maximum absolute atomic E-state index is 13.5. The predicted octanol–water partition coefficient (Wildman–Crippen LogP) is 5.85. The molecule has 1 atom stereocenters. The van der Waals surface area contributed by atoms with Gasteiger partial charge < -0.3 is 5.32 Å². The first kappa shape index (κ1) is 23.6. The van der Waals surface area contributed by atoms with Crippen molar-refractivity contribution in [3.63, 3.8) is 0 Å². The monoisotopic (exact) mass is 491 g/mol. The third kappa shape index (κ3) is 5.14. The van der Waals surface area contributed by atoms with Crippen LogP contribution in [0.5, 0.6) is 0 Å². The number of benzene rings is 3. The summed E-state index contributed by atoms with van der Waals surface area (Å²) in [5, 5.41) is 12.8. The molecule has 0 aromatic heterocycles. The molecular formula is C26H19ClFN3O2S. The van der Waals surface area contributed by atoms with Gasteiger partial charge in [-0.15, -0.1) is 0 Å². The molecule has 3 aromatic carbocycles. The average Bonchev–Trinajstić information content (AvgIpc) is 3.13. The molecule has 5 nitrogen and oxygen atoms in total. The summed E-state index contributed by atoms with van der Waals surface area (Å²) < 4.78 is 13.2. The number of nitriles is 1. The van der Waals surface area contributed by atoms with Crippen LogP contribution in [-0.4, -0.2) is 17.1 Å². The Kier molecular flexibility index (Phi) is 7.01. The fourth-order valence-electron chi connectivity index (χ4n) is 3.48. The van der Waals surface area contributed by atoms with Crippen molar-refractivity contribution in [3.05, 3.63) is 105 Å². The van der Waals surface area contributed by atoms with Crippen molar-refractivity contribution < 1.29 is 14.0 Å². The number of nitrogens with zero attached hydrogens (tertiary/aromatic N) is 2. The number of halogens is 2. The van der Waals surface area contributed by atoms with Crippen LogP contribution in [0.2, 0.25) is 5.02 Å². The number of hydrogen-bond donors (Lipinski definition) is 1. The number of carbonyl (C=O) groups excluding carboxylic acids is 2. The summed E-state index contributed by atoms with van der Waals surface area (Å²) >= 11 is 7.16. The Hall–Kier alpha value is -3.60. The number of rotatable bonds is 5. The summed E-state index contributed by atoms with van der Waals surface area (Å²) in [6.07, 6.45) is 0.408. The topological polar surface area (TPSA) is 73.2 Å². The second-order valence-corrected chi connectivity index (χ2v) is 9.33. The molecule has 8 heteroatoms. The molecule has 1 aliphatic rings. The number of anilines is 2. The van der Waals surface area contributed by atoms with E-state index >= 15 is 0 Å². The van der Waals surface area contributed by atoms with E-state index in [0.29, 0.717) is 22.8 Å². The molecule has 1 fully saturated rings. The molecule has 170 valence electrons. The van der Waals surface area contributed by atoms with Gasteiger partial charge in [0.1, 0.15) is 22.5 Å². The minimum absolute atomic E-state index is 0.193. The van der Waals surface area contributed by atoms with Gasteiger partial charge in [-0.25, -0.2) is 4.39 Å². The zero-order chi connectivity index (χ0) is 24.2. The molecule has 1 aliphatic heterocycles. The van der Waals surface area contributed by atoms with E-state index in [1.54, 1.807) is 24.3 Å².